The maximum Gasteiger partial charge on any atom is 0.355 e. The topological polar surface area (TPSA) is 96.3 Å². The van der Waals surface area contributed by atoms with Crippen molar-refractivity contribution < 1.29 is 23.1 Å². The van der Waals surface area contributed by atoms with Gasteiger partial charge < -0.3 is 14.7 Å². The van der Waals surface area contributed by atoms with Crippen LogP contribution in [0.25, 0.3) is 0 Å². The maximum absolute atomic E-state index is 11.9. The van der Waals surface area contributed by atoms with E-state index < -0.39 is 21.7 Å². The number of para-hydroxylation sites is 2. The second kappa shape index (κ2) is 4.88. The van der Waals surface area contributed by atoms with Gasteiger partial charge >= 0.3 is 5.97 Å². The summed E-state index contributed by atoms with van der Waals surface area (Å²) < 4.78 is 32.5. The van der Waals surface area contributed by atoms with Crippen LogP contribution < -0.4 is 9.64 Å². The quantitative estimate of drug-likeness (QED) is 0.880. The lowest BCUT2D eigenvalue weighted by atomic mass is 10.2. The SMILES string of the molecule is O=C(O)C1=NS(=O)(=O)C(CN2CCOc3ccccc32)=C1. The van der Waals surface area contributed by atoms with Crippen LogP contribution in [0.15, 0.2) is 39.6 Å². The van der Waals surface area contributed by atoms with Crippen LogP contribution in [0.2, 0.25) is 0 Å². The Morgan fingerprint density at radius 3 is 2.86 bits per heavy atom. The molecule has 0 atom stereocenters. The summed E-state index contributed by atoms with van der Waals surface area (Å²) in [6, 6.07) is 7.30. The van der Waals surface area contributed by atoms with Gasteiger partial charge in [-0.15, -0.1) is 0 Å². The number of fused-ring (bicyclic) bond motifs is 1. The van der Waals surface area contributed by atoms with Gasteiger partial charge in [-0.1, -0.05) is 12.1 Å². The first-order valence-electron chi connectivity index (χ1n) is 6.23. The van der Waals surface area contributed by atoms with E-state index in [4.69, 9.17) is 9.84 Å². The fourth-order valence-corrected chi connectivity index (χ4v) is 3.34. The molecular weight excluding hydrogens is 296 g/mol. The lowest BCUT2D eigenvalue weighted by Crippen LogP contribution is -2.34. The number of hydrogen-bond donors (Lipinski definition) is 1. The number of benzene rings is 1. The number of carbonyl (C=O) groups is 1. The molecule has 0 saturated carbocycles. The molecule has 0 fully saturated rings. The first-order valence-corrected chi connectivity index (χ1v) is 7.67. The summed E-state index contributed by atoms with van der Waals surface area (Å²) >= 11 is 0. The number of sulfonamides is 1. The highest BCUT2D eigenvalue weighted by Crippen LogP contribution is 2.32. The molecule has 8 heteroatoms. The van der Waals surface area contributed by atoms with E-state index >= 15 is 0 Å². The summed E-state index contributed by atoms with van der Waals surface area (Å²) in [6.07, 6.45) is 1.11. The second-order valence-corrected chi connectivity index (χ2v) is 6.26. The van der Waals surface area contributed by atoms with Gasteiger partial charge in [-0.05, 0) is 18.2 Å². The Hall–Kier alpha value is -2.35. The number of rotatable bonds is 3. The monoisotopic (exact) mass is 308 g/mol. The third-order valence-electron chi connectivity index (χ3n) is 3.24. The molecule has 0 bridgehead atoms. The summed E-state index contributed by atoms with van der Waals surface area (Å²) in [5.41, 5.74) is 0.329. The Labute approximate surface area is 121 Å². The summed E-state index contributed by atoms with van der Waals surface area (Å²) in [6.45, 7) is 1.03. The lowest BCUT2D eigenvalue weighted by molar-refractivity contribution is -0.129. The standard InChI is InChI=1S/C13H12N2O5S/c16-13(17)10-7-9(21(18,19)14-10)8-15-5-6-20-12-4-2-1-3-11(12)15/h1-4,7H,5-6,8H2,(H,16,17). The number of ether oxygens (including phenoxy) is 1. The zero-order valence-corrected chi connectivity index (χ0v) is 11.7. The van der Waals surface area contributed by atoms with Gasteiger partial charge in [-0.3, -0.25) is 0 Å². The van der Waals surface area contributed by atoms with Crippen LogP contribution in [-0.4, -0.2) is 44.9 Å². The average Bonchev–Trinajstić information content (AvgIpc) is 2.75. The predicted octanol–water partition coefficient (Wildman–Crippen LogP) is 0.638. The van der Waals surface area contributed by atoms with Crippen molar-refractivity contribution in [1.82, 2.24) is 0 Å². The Morgan fingerprint density at radius 1 is 1.38 bits per heavy atom. The third-order valence-corrected chi connectivity index (χ3v) is 4.58. The molecule has 0 saturated heterocycles. The fraction of sp³-hybridized carbons (Fsp3) is 0.231. The van der Waals surface area contributed by atoms with Crippen LogP contribution >= 0.6 is 0 Å². The van der Waals surface area contributed by atoms with E-state index in [1.165, 1.54) is 0 Å². The highest BCUT2D eigenvalue weighted by Gasteiger charge is 2.30. The smallest absolute Gasteiger partial charge is 0.355 e. The minimum Gasteiger partial charge on any atom is -0.490 e. The van der Waals surface area contributed by atoms with Crippen molar-refractivity contribution in [2.24, 2.45) is 4.40 Å². The normalized spacial score (nSPS) is 19.3. The highest BCUT2D eigenvalue weighted by atomic mass is 32.2. The number of carboxylic acids is 1. The molecule has 7 nitrogen and oxygen atoms in total. The molecule has 2 aliphatic heterocycles. The molecule has 0 spiro atoms. The van der Waals surface area contributed by atoms with Crippen LogP contribution in [0.3, 0.4) is 0 Å². The first-order chi connectivity index (χ1) is 9.97. The van der Waals surface area contributed by atoms with Crippen molar-refractivity contribution in [1.29, 1.82) is 0 Å². The molecule has 1 aromatic carbocycles. The second-order valence-electron chi connectivity index (χ2n) is 4.61. The number of nitrogens with zero attached hydrogens (tertiary/aromatic N) is 2. The number of hydrogen-bond acceptors (Lipinski definition) is 5. The molecule has 21 heavy (non-hydrogen) atoms. The lowest BCUT2D eigenvalue weighted by Gasteiger charge is -2.31. The Kier molecular flexibility index (Phi) is 3.17. The molecule has 0 radical (unpaired) electrons. The van der Waals surface area contributed by atoms with Crippen LogP contribution in [0.1, 0.15) is 0 Å². The van der Waals surface area contributed by atoms with Gasteiger partial charge in [-0.2, -0.15) is 12.8 Å². The van der Waals surface area contributed by atoms with Crippen molar-refractivity contribution >= 4 is 27.4 Å². The largest absolute Gasteiger partial charge is 0.490 e. The van der Waals surface area contributed by atoms with Gasteiger partial charge in [0.2, 0.25) is 0 Å². The first kappa shape index (κ1) is 13.6. The summed E-state index contributed by atoms with van der Waals surface area (Å²) in [7, 11) is -3.90. The molecule has 2 aliphatic rings. The van der Waals surface area contributed by atoms with Crippen molar-refractivity contribution in [3.8, 4) is 5.75 Å². The van der Waals surface area contributed by atoms with E-state index in [0.29, 0.717) is 18.9 Å². The zero-order valence-electron chi connectivity index (χ0n) is 10.9. The minimum absolute atomic E-state index is 0.0170. The average molecular weight is 308 g/mol. The van der Waals surface area contributed by atoms with Crippen molar-refractivity contribution in [2.45, 2.75) is 0 Å². The van der Waals surface area contributed by atoms with Gasteiger partial charge in [0.05, 0.1) is 23.7 Å². The summed E-state index contributed by atoms with van der Waals surface area (Å²) in [4.78, 5) is 12.7. The van der Waals surface area contributed by atoms with Gasteiger partial charge in [0.1, 0.15) is 12.4 Å². The van der Waals surface area contributed by atoms with Crippen molar-refractivity contribution in [3.63, 3.8) is 0 Å². The van der Waals surface area contributed by atoms with Gasteiger partial charge in [0.25, 0.3) is 10.0 Å². The third kappa shape index (κ3) is 2.49. The molecule has 1 N–H and O–H groups in total. The van der Waals surface area contributed by atoms with E-state index in [9.17, 15) is 13.2 Å². The molecule has 0 aromatic heterocycles. The molecule has 0 amide bonds. The van der Waals surface area contributed by atoms with E-state index in [2.05, 4.69) is 4.40 Å². The van der Waals surface area contributed by atoms with Crippen LogP contribution in [-0.2, 0) is 14.8 Å². The molecule has 0 aliphatic carbocycles. The predicted molar refractivity (Wildman–Crippen MR) is 76.2 cm³/mol. The van der Waals surface area contributed by atoms with E-state index in [1.807, 2.05) is 23.1 Å². The Balaban J connectivity index is 1.89. The van der Waals surface area contributed by atoms with Gasteiger partial charge in [0, 0.05) is 0 Å². The number of carboxylic acid groups (broad SMARTS) is 1. The van der Waals surface area contributed by atoms with E-state index in [-0.39, 0.29) is 11.4 Å². The minimum atomic E-state index is -3.90. The molecule has 3 rings (SSSR count). The summed E-state index contributed by atoms with van der Waals surface area (Å²) in [5.74, 6) is -0.671. The number of anilines is 1. The molecule has 2 heterocycles. The molecule has 110 valence electrons. The van der Waals surface area contributed by atoms with Gasteiger partial charge in [-0.25, -0.2) is 4.79 Å². The van der Waals surface area contributed by atoms with Crippen LogP contribution in [0.5, 0.6) is 5.75 Å². The van der Waals surface area contributed by atoms with E-state index in [0.717, 1.165) is 11.8 Å². The summed E-state index contributed by atoms with van der Waals surface area (Å²) in [5, 5.41) is 8.85. The molecule has 1 aromatic rings. The zero-order chi connectivity index (χ0) is 15.0. The Bertz CT molecular complexity index is 767. The fourth-order valence-electron chi connectivity index (χ4n) is 2.25. The van der Waals surface area contributed by atoms with E-state index in [1.54, 1.807) is 6.07 Å². The maximum atomic E-state index is 11.9. The molecular formula is C13H12N2O5S. The van der Waals surface area contributed by atoms with Crippen molar-refractivity contribution in [3.05, 3.63) is 35.2 Å². The van der Waals surface area contributed by atoms with Gasteiger partial charge in [0.15, 0.2) is 5.71 Å². The Morgan fingerprint density at radius 2 is 2.14 bits per heavy atom. The van der Waals surface area contributed by atoms with Crippen LogP contribution in [0, 0.1) is 0 Å². The molecule has 0 unspecified atom stereocenters. The van der Waals surface area contributed by atoms with Crippen LogP contribution in [0.4, 0.5) is 5.69 Å². The number of aliphatic carboxylic acids is 1. The highest BCUT2D eigenvalue weighted by molar-refractivity contribution is 7.94. The van der Waals surface area contributed by atoms with Crippen molar-refractivity contribution in [2.75, 3.05) is 24.6 Å².